The second kappa shape index (κ2) is 9.95. The van der Waals surface area contributed by atoms with E-state index in [1.165, 1.54) is 12.1 Å². The number of likely N-dealkylation sites (tertiary alicyclic amines) is 2. The Morgan fingerprint density at radius 3 is 2.77 bits per heavy atom. The number of carbonyl (C=O) groups is 2. The summed E-state index contributed by atoms with van der Waals surface area (Å²) in [5.41, 5.74) is 2.03. The lowest BCUT2D eigenvalue weighted by atomic mass is 9.84. The van der Waals surface area contributed by atoms with Crippen LogP contribution in [0.3, 0.4) is 0 Å². The highest BCUT2D eigenvalue weighted by Gasteiger charge is 2.36. The standard InChI is InChI=1S/C26H29ClFN5O2/c1-17(31-7-2-3-8-31)25(34)30-23-15-32(10-6-21(23)18-11-19(27)13-20(28)12-18)26(35)22-5-4-9-33-16-29-14-24(22)33/h4-5,9,11-14,16-17,21,23H,2-3,6-8,10,15H2,1H3,(H,30,34)/t17-,21-,23+/m0/s1. The Labute approximate surface area is 208 Å². The Morgan fingerprint density at radius 2 is 2.00 bits per heavy atom. The van der Waals surface area contributed by atoms with Gasteiger partial charge in [-0.15, -0.1) is 0 Å². The van der Waals surface area contributed by atoms with Crippen molar-refractivity contribution in [2.75, 3.05) is 26.2 Å². The number of benzene rings is 1. The molecule has 5 rings (SSSR count). The summed E-state index contributed by atoms with van der Waals surface area (Å²) in [6.45, 7) is 4.54. The van der Waals surface area contributed by atoms with Crippen LogP contribution in [0.15, 0.2) is 49.1 Å². The Kier molecular flexibility index (Phi) is 6.75. The van der Waals surface area contributed by atoms with Gasteiger partial charge in [-0.05, 0) is 75.2 Å². The first kappa shape index (κ1) is 23.8. The summed E-state index contributed by atoms with van der Waals surface area (Å²) in [6.07, 6.45) is 7.95. The van der Waals surface area contributed by atoms with Gasteiger partial charge in [0.1, 0.15) is 5.82 Å². The molecule has 0 bridgehead atoms. The highest BCUT2D eigenvalue weighted by molar-refractivity contribution is 6.30. The van der Waals surface area contributed by atoms with Crippen molar-refractivity contribution in [1.82, 2.24) is 24.5 Å². The lowest BCUT2D eigenvalue weighted by Gasteiger charge is -2.40. The molecule has 35 heavy (non-hydrogen) atoms. The molecular formula is C26H29ClFN5O2. The molecule has 9 heteroatoms. The topological polar surface area (TPSA) is 70.0 Å². The predicted molar refractivity (Wildman–Crippen MR) is 132 cm³/mol. The Bertz CT molecular complexity index is 1220. The zero-order chi connectivity index (χ0) is 24.5. The third-order valence-electron chi connectivity index (χ3n) is 7.29. The van der Waals surface area contributed by atoms with Crippen LogP contribution in [0.1, 0.15) is 48.0 Å². The van der Waals surface area contributed by atoms with Crippen LogP contribution in [-0.2, 0) is 4.79 Å². The third kappa shape index (κ3) is 4.90. The third-order valence-corrected chi connectivity index (χ3v) is 7.51. The van der Waals surface area contributed by atoms with E-state index in [2.05, 4.69) is 15.2 Å². The van der Waals surface area contributed by atoms with Gasteiger partial charge in [-0.25, -0.2) is 9.37 Å². The van der Waals surface area contributed by atoms with Crippen LogP contribution < -0.4 is 5.32 Å². The van der Waals surface area contributed by atoms with Crippen molar-refractivity contribution in [3.8, 4) is 0 Å². The van der Waals surface area contributed by atoms with E-state index in [4.69, 9.17) is 11.6 Å². The summed E-state index contributed by atoms with van der Waals surface area (Å²) in [4.78, 5) is 34.8. The van der Waals surface area contributed by atoms with E-state index in [0.717, 1.165) is 37.0 Å². The van der Waals surface area contributed by atoms with Crippen LogP contribution in [0, 0.1) is 5.82 Å². The fraction of sp³-hybridized carbons (Fsp3) is 0.423. The molecule has 2 aliphatic rings. The molecule has 1 N–H and O–H groups in total. The number of aromatic nitrogens is 2. The number of fused-ring (bicyclic) bond motifs is 1. The minimum atomic E-state index is -0.408. The predicted octanol–water partition coefficient (Wildman–Crippen LogP) is 3.73. The molecule has 2 aromatic heterocycles. The zero-order valence-corrected chi connectivity index (χ0v) is 20.4. The van der Waals surface area contributed by atoms with Gasteiger partial charge in [-0.1, -0.05) is 11.6 Å². The van der Waals surface area contributed by atoms with Crippen molar-refractivity contribution < 1.29 is 14.0 Å². The van der Waals surface area contributed by atoms with Crippen LogP contribution in [-0.4, -0.2) is 69.3 Å². The number of pyridine rings is 1. The molecule has 0 unspecified atom stereocenters. The number of piperidine rings is 1. The number of hydrogen-bond acceptors (Lipinski definition) is 4. The van der Waals surface area contributed by atoms with Crippen LogP contribution in [0.25, 0.3) is 5.52 Å². The van der Waals surface area contributed by atoms with Gasteiger partial charge in [0.2, 0.25) is 5.91 Å². The van der Waals surface area contributed by atoms with Gasteiger partial charge in [0, 0.05) is 30.2 Å². The zero-order valence-electron chi connectivity index (χ0n) is 19.7. The van der Waals surface area contributed by atoms with Gasteiger partial charge in [0.05, 0.1) is 35.7 Å². The first-order valence-electron chi connectivity index (χ1n) is 12.1. The van der Waals surface area contributed by atoms with E-state index < -0.39 is 5.82 Å². The smallest absolute Gasteiger partial charge is 0.256 e. The Hall–Kier alpha value is -2.97. The molecule has 7 nitrogen and oxygen atoms in total. The molecule has 2 saturated heterocycles. The summed E-state index contributed by atoms with van der Waals surface area (Å²) >= 11 is 6.16. The second-order valence-electron chi connectivity index (χ2n) is 9.49. The van der Waals surface area contributed by atoms with Crippen LogP contribution in [0.4, 0.5) is 4.39 Å². The molecule has 0 spiro atoms. The largest absolute Gasteiger partial charge is 0.350 e. The highest BCUT2D eigenvalue weighted by atomic mass is 35.5. The first-order chi connectivity index (χ1) is 16.9. The number of halogens is 2. The molecule has 1 aromatic carbocycles. The van der Waals surface area contributed by atoms with E-state index in [0.29, 0.717) is 30.1 Å². The van der Waals surface area contributed by atoms with Crippen LogP contribution in [0.2, 0.25) is 5.02 Å². The van der Waals surface area contributed by atoms with Crippen molar-refractivity contribution in [2.24, 2.45) is 0 Å². The molecular weight excluding hydrogens is 469 g/mol. The average molecular weight is 498 g/mol. The number of amides is 2. The number of nitrogens with zero attached hydrogens (tertiary/aromatic N) is 4. The van der Waals surface area contributed by atoms with Crippen molar-refractivity contribution in [3.05, 3.63) is 71.0 Å². The summed E-state index contributed by atoms with van der Waals surface area (Å²) in [7, 11) is 0. The molecule has 3 atom stereocenters. The molecule has 2 aliphatic heterocycles. The van der Waals surface area contributed by atoms with Gasteiger partial charge in [-0.3, -0.25) is 14.5 Å². The SMILES string of the molecule is C[C@@H](C(=O)N[C@@H]1CN(C(=O)c2cccn3cncc23)CC[C@H]1c1cc(F)cc(Cl)c1)N1CCCC1. The molecule has 0 aliphatic carbocycles. The Morgan fingerprint density at radius 1 is 1.20 bits per heavy atom. The number of carbonyl (C=O) groups excluding carboxylic acids is 2. The molecule has 2 fully saturated rings. The van der Waals surface area contributed by atoms with Gasteiger partial charge in [0.25, 0.3) is 5.91 Å². The van der Waals surface area contributed by atoms with Gasteiger partial charge < -0.3 is 14.6 Å². The molecule has 0 radical (unpaired) electrons. The van der Waals surface area contributed by atoms with Crippen LogP contribution in [0.5, 0.6) is 0 Å². The van der Waals surface area contributed by atoms with Crippen molar-refractivity contribution in [2.45, 2.75) is 44.2 Å². The molecule has 0 saturated carbocycles. The number of imidazole rings is 1. The molecule has 3 aromatic rings. The minimum Gasteiger partial charge on any atom is -0.350 e. The Balaban J connectivity index is 1.41. The fourth-order valence-electron chi connectivity index (χ4n) is 5.37. The molecule has 2 amide bonds. The number of rotatable bonds is 5. The maximum Gasteiger partial charge on any atom is 0.256 e. The summed E-state index contributed by atoms with van der Waals surface area (Å²) in [6, 6.07) is 7.49. The van der Waals surface area contributed by atoms with Crippen molar-refractivity contribution in [1.29, 1.82) is 0 Å². The first-order valence-corrected chi connectivity index (χ1v) is 12.5. The van der Waals surface area contributed by atoms with Crippen molar-refractivity contribution >= 4 is 28.9 Å². The number of nitrogens with one attached hydrogen (secondary N) is 1. The lowest BCUT2D eigenvalue weighted by Crippen LogP contribution is -2.56. The second-order valence-corrected chi connectivity index (χ2v) is 9.93. The van der Waals surface area contributed by atoms with Gasteiger partial charge in [0.15, 0.2) is 0 Å². The number of hydrogen-bond donors (Lipinski definition) is 1. The van der Waals surface area contributed by atoms with E-state index in [9.17, 15) is 14.0 Å². The van der Waals surface area contributed by atoms with Crippen molar-refractivity contribution in [3.63, 3.8) is 0 Å². The highest BCUT2D eigenvalue weighted by Crippen LogP contribution is 2.32. The van der Waals surface area contributed by atoms with E-state index in [-0.39, 0.29) is 29.8 Å². The summed E-state index contributed by atoms with van der Waals surface area (Å²) in [5.74, 6) is -0.753. The summed E-state index contributed by atoms with van der Waals surface area (Å²) < 4.78 is 16.0. The van der Waals surface area contributed by atoms with Crippen LogP contribution >= 0.6 is 11.6 Å². The molecule has 184 valence electrons. The minimum absolute atomic E-state index is 0.0726. The van der Waals surface area contributed by atoms with Gasteiger partial charge in [-0.2, -0.15) is 0 Å². The monoisotopic (exact) mass is 497 g/mol. The maximum atomic E-state index is 14.2. The average Bonchev–Trinajstić information content (AvgIpc) is 3.54. The molecule has 4 heterocycles. The maximum absolute atomic E-state index is 14.2. The quantitative estimate of drug-likeness (QED) is 0.583. The van der Waals surface area contributed by atoms with E-state index in [1.807, 2.05) is 23.6 Å². The lowest BCUT2D eigenvalue weighted by molar-refractivity contribution is -0.126. The fourth-order valence-corrected chi connectivity index (χ4v) is 5.60. The van der Waals surface area contributed by atoms with E-state index >= 15 is 0 Å². The van der Waals surface area contributed by atoms with Gasteiger partial charge >= 0.3 is 0 Å². The normalized spacial score (nSPS) is 21.9. The summed E-state index contributed by atoms with van der Waals surface area (Å²) in [5, 5.41) is 3.51. The van der Waals surface area contributed by atoms with E-state index in [1.54, 1.807) is 29.6 Å².